The number of thioether (sulfide) groups is 1. The van der Waals surface area contributed by atoms with E-state index in [9.17, 15) is 9.59 Å². The molecule has 0 N–H and O–H groups in total. The van der Waals surface area contributed by atoms with Crippen LogP contribution in [0.1, 0.15) is 52.0 Å². The smallest absolute Gasteiger partial charge is 0.256 e. The first-order valence-electron chi connectivity index (χ1n) is 9.18. The molecule has 1 atom stereocenters. The minimum Gasteiger partial charge on any atom is -0.344 e. The Balaban J connectivity index is 2.17. The van der Waals surface area contributed by atoms with Gasteiger partial charge >= 0.3 is 0 Å². The molecule has 0 aromatic carbocycles. The topological polar surface area (TPSA) is 70.4 Å². The van der Waals surface area contributed by atoms with E-state index in [4.69, 9.17) is 9.47 Å². The molecule has 148 valence electrons. The number of aromatic nitrogens is 2. The van der Waals surface area contributed by atoms with Crippen LogP contribution in [0, 0.1) is 12.8 Å². The second kappa shape index (κ2) is 11.5. The van der Waals surface area contributed by atoms with Gasteiger partial charge in [-0.2, -0.15) is 0 Å². The maximum Gasteiger partial charge on any atom is 0.256 e. The van der Waals surface area contributed by atoms with Crippen molar-refractivity contribution >= 4 is 18.0 Å². The molecule has 6 nitrogen and oxygen atoms in total. The Bertz CT molecular complexity index is 618. The third kappa shape index (κ3) is 8.01. The average Bonchev–Trinajstić information content (AvgIpc) is 2.62. The molecule has 0 aliphatic carbocycles. The van der Waals surface area contributed by atoms with Crippen molar-refractivity contribution in [2.24, 2.45) is 13.0 Å². The summed E-state index contributed by atoms with van der Waals surface area (Å²) < 4.78 is 12.7. The van der Waals surface area contributed by atoms with E-state index < -0.39 is 5.79 Å². The first-order valence-corrected chi connectivity index (χ1v) is 10.2. The van der Waals surface area contributed by atoms with Crippen LogP contribution in [-0.2, 0) is 21.3 Å². The summed E-state index contributed by atoms with van der Waals surface area (Å²) in [5.41, 5.74) is 0.675. The molecule has 0 bridgehead atoms. The Kier molecular flexibility index (Phi) is 10.1. The summed E-state index contributed by atoms with van der Waals surface area (Å²) in [6, 6.07) is 0. The van der Waals surface area contributed by atoms with E-state index in [-0.39, 0.29) is 5.56 Å². The summed E-state index contributed by atoms with van der Waals surface area (Å²) >= 11 is 1.61. The Morgan fingerprint density at radius 2 is 1.96 bits per heavy atom. The number of unbranched alkanes of at least 4 members (excludes halogenated alkanes) is 3. The predicted molar refractivity (Wildman–Crippen MR) is 105 cm³/mol. The van der Waals surface area contributed by atoms with Crippen molar-refractivity contribution in [2.75, 3.05) is 19.0 Å². The molecule has 0 radical (unpaired) electrons. The van der Waals surface area contributed by atoms with Crippen molar-refractivity contribution in [3.8, 4) is 0 Å². The quantitative estimate of drug-likeness (QED) is 0.171. The lowest BCUT2D eigenvalue weighted by Gasteiger charge is -2.25. The highest BCUT2D eigenvalue weighted by Crippen LogP contribution is 2.17. The van der Waals surface area contributed by atoms with Gasteiger partial charge in [0, 0.05) is 24.6 Å². The number of aryl methyl sites for hydroxylation is 1. The molecule has 0 saturated heterocycles. The summed E-state index contributed by atoms with van der Waals surface area (Å²) in [6.07, 6.45) is 6.39. The lowest BCUT2D eigenvalue weighted by atomic mass is 10.2. The minimum atomic E-state index is -1.14. The van der Waals surface area contributed by atoms with Crippen LogP contribution in [0.5, 0.6) is 0 Å². The van der Waals surface area contributed by atoms with Crippen LogP contribution in [0.3, 0.4) is 0 Å². The fourth-order valence-corrected chi connectivity index (χ4v) is 3.15. The number of hydrogen-bond acceptors (Lipinski definition) is 6. The number of hydrogen-bond donors (Lipinski definition) is 0. The Hall–Kier alpha value is -1.18. The molecule has 26 heavy (non-hydrogen) atoms. The van der Waals surface area contributed by atoms with Gasteiger partial charge < -0.3 is 9.47 Å². The van der Waals surface area contributed by atoms with E-state index in [0.29, 0.717) is 24.7 Å². The standard InChI is InChI=1S/C19H32N2O4S/c1-15(2)13-25-19(4,14-22)24-10-8-6-7-9-11-26-18-20-12-16(3)17(23)21(18)5/h12,14-15H,6-11,13H2,1-5H3. The summed E-state index contributed by atoms with van der Waals surface area (Å²) in [6.45, 7) is 8.52. The van der Waals surface area contributed by atoms with Crippen LogP contribution >= 0.6 is 11.8 Å². The van der Waals surface area contributed by atoms with E-state index in [1.807, 2.05) is 13.8 Å². The zero-order chi connectivity index (χ0) is 19.6. The highest BCUT2D eigenvalue weighted by Gasteiger charge is 2.25. The summed E-state index contributed by atoms with van der Waals surface area (Å²) in [5.74, 6) is 0.147. The molecular weight excluding hydrogens is 352 g/mol. The molecule has 1 heterocycles. The normalized spacial score (nSPS) is 13.8. The molecule has 7 heteroatoms. The van der Waals surface area contributed by atoms with Gasteiger partial charge in [0.05, 0.1) is 13.2 Å². The second-order valence-corrected chi connectivity index (χ2v) is 8.10. The van der Waals surface area contributed by atoms with Crippen LogP contribution in [0.15, 0.2) is 16.1 Å². The monoisotopic (exact) mass is 384 g/mol. The maximum atomic E-state index is 11.8. The minimum absolute atomic E-state index is 0.0116. The molecule has 0 amide bonds. The Morgan fingerprint density at radius 3 is 2.62 bits per heavy atom. The van der Waals surface area contributed by atoms with Crippen molar-refractivity contribution in [1.29, 1.82) is 0 Å². The molecule has 0 saturated carbocycles. The highest BCUT2D eigenvalue weighted by molar-refractivity contribution is 7.99. The Labute approximate surface area is 160 Å². The lowest BCUT2D eigenvalue weighted by Crippen LogP contribution is -2.35. The van der Waals surface area contributed by atoms with Gasteiger partial charge in [-0.05, 0) is 32.6 Å². The largest absolute Gasteiger partial charge is 0.344 e. The van der Waals surface area contributed by atoms with Gasteiger partial charge in [0.25, 0.3) is 5.56 Å². The first-order chi connectivity index (χ1) is 12.3. The van der Waals surface area contributed by atoms with Crippen LogP contribution in [0.4, 0.5) is 0 Å². The number of carbonyl (C=O) groups excluding carboxylic acids is 1. The van der Waals surface area contributed by atoms with Crippen molar-refractivity contribution in [2.45, 2.75) is 64.3 Å². The fourth-order valence-electron chi connectivity index (χ4n) is 2.22. The predicted octanol–water partition coefficient (Wildman–Crippen LogP) is 3.35. The average molecular weight is 385 g/mol. The van der Waals surface area contributed by atoms with Crippen LogP contribution < -0.4 is 5.56 Å². The molecule has 0 aliphatic heterocycles. The number of ether oxygens (including phenoxy) is 2. The highest BCUT2D eigenvalue weighted by atomic mass is 32.2. The third-order valence-electron chi connectivity index (χ3n) is 3.87. The molecule has 1 unspecified atom stereocenters. The van der Waals surface area contributed by atoms with Crippen molar-refractivity contribution in [3.63, 3.8) is 0 Å². The van der Waals surface area contributed by atoms with Gasteiger partial charge in [0.2, 0.25) is 5.79 Å². The van der Waals surface area contributed by atoms with Gasteiger partial charge in [0.15, 0.2) is 11.4 Å². The van der Waals surface area contributed by atoms with Gasteiger partial charge in [-0.1, -0.05) is 38.5 Å². The zero-order valence-corrected chi connectivity index (χ0v) is 17.4. The van der Waals surface area contributed by atoms with Crippen molar-refractivity contribution in [3.05, 3.63) is 22.1 Å². The first kappa shape index (κ1) is 22.9. The van der Waals surface area contributed by atoms with Gasteiger partial charge in [-0.3, -0.25) is 14.2 Å². The van der Waals surface area contributed by atoms with Crippen molar-refractivity contribution < 1.29 is 14.3 Å². The van der Waals surface area contributed by atoms with Crippen LogP contribution in [0.25, 0.3) is 0 Å². The van der Waals surface area contributed by atoms with Gasteiger partial charge in [0.1, 0.15) is 0 Å². The lowest BCUT2D eigenvalue weighted by molar-refractivity contribution is -0.213. The second-order valence-electron chi connectivity index (χ2n) is 7.04. The van der Waals surface area contributed by atoms with Gasteiger partial charge in [-0.15, -0.1) is 0 Å². The number of carbonyl (C=O) groups is 1. The van der Waals surface area contributed by atoms with E-state index in [1.165, 1.54) is 0 Å². The van der Waals surface area contributed by atoms with E-state index in [0.717, 1.165) is 42.9 Å². The maximum absolute atomic E-state index is 11.8. The molecule has 0 aliphatic rings. The molecule has 1 aromatic heterocycles. The molecular formula is C19H32N2O4S. The molecule has 0 spiro atoms. The van der Waals surface area contributed by atoms with Crippen LogP contribution in [-0.4, -0.2) is 40.6 Å². The van der Waals surface area contributed by atoms with Crippen LogP contribution in [0.2, 0.25) is 0 Å². The SMILES string of the molecule is Cc1cnc(SCCCCCCOC(C)(C=O)OCC(C)C)n(C)c1=O. The van der Waals surface area contributed by atoms with Gasteiger partial charge in [-0.25, -0.2) is 4.98 Å². The number of aldehydes is 1. The van der Waals surface area contributed by atoms with E-state index in [2.05, 4.69) is 4.98 Å². The Morgan fingerprint density at radius 1 is 1.27 bits per heavy atom. The molecule has 1 rings (SSSR count). The van der Waals surface area contributed by atoms with Crippen molar-refractivity contribution in [1.82, 2.24) is 9.55 Å². The summed E-state index contributed by atoms with van der Waals surface area (Å²) in [7, 11) is 1.76. The fraction of sp³-hybridized carbons (Fsp3) is 0.737. The molecule has 1 aromatic rings. The third-order valence-corrected chi connectivity index (χ3v) is 5.00. The summed E-state index contributed by atoms with van der Waals surface area (Å²) in [4.78, 5) is 27.3. The summed E-state index contributed by atoms with van der Waals surface area (Å²) in [5, 5.41) is 0.757. The number of rotatable bonds is 13. The van der Waals surface area contributed by atoms with E-state index in [1.54, 1.807) is 43.4 Å². The zero-order valence-electron chi connectivity index (χ0n) is 16.6. The number of nitrogens with zero attached hydrogens (tertiary/aromatic N) is 2. The molecule has 0 fully saturated rings. The van der Waals surface area contributed by atoms with E-state index >= 15 is 0 Å².